The number of esters is 1. The van der Waals surface area contributed by atoms with Gasteiger partial charge >= 0.3 is 12.1 Å². The van der Waals surface area contributed by atoms with Gasteiger partial charge in [0.05, 0.1) is 42.3 Å². The number of hydrazine groups is 1. The Morgan fingerprint density at radius 2 is 1.78 bits per heavy atom. The molecule has 6 bridgehead atoms. The van der Waals surface area contributed by atoms with Crippen molar-refractivity contribution in [1.29, 1.82) is 0 Å². The SMILES string of the molecule is CO[C@@H](C)c1ncccc1-c1c2c3cc(ccc3n1CC(F)(F)F)N1CCO[C@@H](C[C@H](NC(=O)C(C(C)C)N3CCCCN(C(=O)C#CC(C)(C)N(C)C)CC3=O)C(=O)N3CCC[C@H](N3)C(=O)OCC(C)(C)C2)C1. The van der Waals surface area contributed by atoms with Crippen LogP contribution in [0.15, 0.2) is 36.5 Å². The molecule has 2 N–H and O–H groups in total. The normalized spacial score (nSPS) is 22.4. The van der Waals surface area contributed by atoms with Crippen molar-refractivity contribution in [3.8, 4) is 23.1 Å². The van der Waals surface area contributed by atoms with E-state index in [4.69, 9.17) is 14.2 Å². The van der Waals surface area contributed by atoms with Crippen LogP contribution < -0.4 is 15.6 Å². The highest BCUT2D eigenvalue weighted by molar-refractivity contribution is 5.98. The first-order chi connectivity index (χ1) is 34.9. The van der Waals surface area contributed by atoms with Gasteiger partial charge < -0.3 is 38.8 Å². The molecule has 5 atom stereocenters. The summed E-state index contributed by atoms with van der Waals surface area (Å²) in [5.41, 5.74) is 4.69. The monoisotopic (exact) mass is 1030 g/mol. The largest absolute Gasteiger partial charge is 0.464 e. The number of hydrogen-bond acceptors (Lipinski definition) is 12. The molecule has 4 aliphatic heterocycles. The van der Waals surface area contributed by atoms with Gasteiger partial charge in [0.2, 0.25) is 11.8 Å². The number of methoxy groups -OCH3 is 1. The predicted octanol–water partition coefficient (Wildman–Crippen LogP) is 5.49. The van der Waals surface area contributed by atoms with Gasteiger partial charge in [-0.1, -0.05) is 33.6 Å². The fourth-order valence-corrected chi connectivity index (χ4v) is 10.2. The topological polar surface area (TPSA) is 171 Å². The molecule has 20 heteroatoms. The number of cyclic esters (lactones) is 1. The number of ether oxygens (including phenoxy) is 3. The highest BCUT2D eigenvalue weighted by Crippen LogP contribution is 2.43. The summed E-state index contributed by atoms with van der Waals surface area (Å²) >= 11 is 0. The lowest BCUT2D eigenvalue weighted by Gasteiger charge is -2.40. The van der Waals surface area contributed by atoms with Crippen molar-refractivity contribution in [1.82, 2.24) is 40.0 Å². The molecule has 3 aromatic rings. The third kappa shape index (κ3) is 13.0. The van der Waals surface area contributed by atoms with Crippen LogP contribution in [0.3, 0.4) is 0 Å². The van der Waals surface area contributed by atoms with E-state index >= 15 is 0 Å². The fourth-order valence-electron chi connectivity index (χ4n) is 10.2. The van der Waals surface area contributed by atoms with E-state index in [1.807, 2.05) is 66.6 Å². The Labute approximate surface area is 432 Å². The van der Waals surface area contributed by atoms with Crippen LogP contribution in [-0.4, -0.2) is 168 Å². The molecule has 74 heavy (non-hydrogen) atoms. The van der Waals surface area contributed by atoms with Gasteiger partial charge in [0, 0.05) is 80.0 Å². The first-order valence-electron chi connectivity index (χ1n) is 25.8. The molecule has 6 heterocycles. The number of morpholine rings is 1. The average molecular weight is 1030 g/mol. The van der Waals surface area contributed by atoms with Gasteiger partial charge in [-0.15, -0.1) is 0 Å². The highest BCUT2D eigenvalue weighted by Gasteiger charge is 2.41. The van der Waals surface area contributed by atoms with Gasteiger partial charge in [0.1, 0.15) is 31.2 Å². The van der Waals surface area contributed by atoms with Crippen molar-refractivity contribution in [2.75, 3.05) is 78.6 Å². The fraction of sp³-hybridized carbons (Fsp3) is 0.630. The molecule has 4 amide bonds. The Morgan fingerprint density at radius 1 is 1.04 bits per heavy atom. The van der Waals surface area contributed by atoms with Gasteiger partial charge in [-0.3, -0.25) is 38.9 Å². The van der Waals surface area contributed by atoms with Crippen molar-refractivity contribution in [3.05, 3.63) is 47.8 Å². The molecule has 2 aromatic heterocycles. The van der Waals surface area contributed by atoms with E-state index in [-0.39, 0.29) is 52.2 Å². The smallest absolute Gasteiger partial charge is 0.406 e. The highest BCUT2D eigenvalue weighted by atomic mass is 19.4. The van der Waals surface area contributed by atoms with Crippen LogP contribution in [0.1, 0.15) is 97.9 Å². The maximum atomic E-state index is 14.9. The van der Waals surface area contributed by atoms with Crippen LogP contribution in [0.25, 0.3) is 22.2 Å². The van der Waals surface area contributed by atoms with Crippen LogP contribution >= 0.6 is 0 Å². The van der Waals surface area contributed by atoms with E-state index in [1.54, 1.807) is 37.4 Å². The van der Waals surface area contributed by atoms with E-state index in [2.05, 4.69) is 32.5 Å². The predicted molar refractivity (Wildman–Crippen MR) is 273 cm³/mol. The number of alkyl halides is 3. The third-order valence-corrected chi connectivity index (χ3v) is 14.8. The quantitative estimate of drug-likeness (QED) is 0.204. The number of nitrogens with zero attached hydrogens (tertiary/aromatic N) is 7. The maximum Gasteiger partial charge on any atom is 0.406 e. The van der Waals surface area contributed by atoms with Gasteiger partial charge in [-0.25, -0.2) is 5.43 Å². The number of carbonyl (C=O) groups is 5. The first kappa shape index (κ1) is 56.0. The first-order valence-corrected chi connectivity index (χ1v) is 25.8. The standard InChI is InChI=1S/C54H74F3N9O8/c1-34(2)47(64-23-12-11-22-63(31-45(64)68)44(67)19-20-53(6,7)61(8)9)49(69)59-42-28-37-30-62(25-26-73-37)36-17-18-43-39(27-36)40(29-52(4,5)33-74-51(71)41-16-14-24-66(60-41)50(42)70)48(65(43)32-54(55,56)57)38-15-13-21-58-46(38)35(3)72-10/h13,15,17-18,21,27,34-35,37,41-42,47,60H,11-12,14,16,22-26,28-33H2,1-10H3,(H,59,69)/t35-,37-,41-,42-,47?/m0/s1. The van der Waals surface area contributed by atoms with E-state index in [0.29, 0.717) is 77.9 Å². The molecule has 17 nitrogen and oxygen atoms in total. The summed E-state index contributed by atoms with van der Waals surface area (Å²) in [7, 11) is 5.25. The van der Waals surface area contributed by atoms with Crippen molar-refractivity contribution in [2.45, 2.75) is 136 Å². The number of nitrogens with one attached hydrogen (secondary N) is 2. The van der Waals surface area contributed by atoms with Crippen LogP contribution in [0.4, 0.5) is 18.9 Å². The number of aromatic nitrogens is 2. The van der Waals surface area contributed by atoms with Crippen LogP contribution in [-0.2, 0) is 51.1 Å². The molecule has 1 aromatic carbocycles. The number of anilines is 1. The summed E-state index contributed by atoms with van der Waals surface area (Å²) in [5.74, 6) is 2.75. The lowest BCUT2D eigenvalue weighted by Crippen LogP contribution is -2.63. The molecule has 0 aliphatic carbocycles. The molecular formula is C54H74F3N9O8. The second kappa shape index (κ2) is 23.0. The summed E-state index contributed by atoms with van der Waals surface area (Å²) in [6, 6.07) is 5.71. The summed E-state index contributed by atoms with van der Waals surface area (Å²) < 4.78 is 63.6. The second-order valence-electron chi connectivity index (χ2n) is 22.0. The molecular weight excluding hydrogens is 960 g/mol. The number of halogens is 3. The zero-order valence-corrected chi connectivity index (χ0v) is 44.6. The van der Waals surface area contributed by atoms with Gasteiger partial charge in [-0.2, -0.15) is 13.2 Å². The lowest BCUT2D eigenvalue weighted by atomic mass is 9.84. The molecule has 3 fully saturated rings. The number of fused-ring (bicyclic) bond motifs is 6. The van der Waals surface area contributed by atoms with Crippen LogP contribution in [0.2, 0.25) is 0 Å². The molecule has 404 valence electrons. The Bertz CT molecular complexity index is 2620. The number of hydrogen-bond donors (Lipinski definition) is 2. The zero-order valence-electron chi connectivity index (χ0n) is 44.6. The molecule has 0 radical (unpaired) electrons. The van der Waals surface area contributed by atoms with E-state index in [0.717, 1.165) is 0 Å². The molecule has 1 unspecified atom stereocenters. The minimum absolute atomic E-state index is 0.00658. The molecule has 4 aliphatic rings. The Balaban J connectivity index is 1.25. The maximum absolute atomic E-state index is 14.9. The number of carbonyl (C=O) groups excluding carboxylic acids is 5. The number of rotatable bonds is 9. The number of pyridine rings is 1. The Hall–Kier alpha value is -5.75. The van der Waals surface area contributed by atoms with E-state index in [9.17, 15) is 37.1 Å². The third-order valence-electron chi connectivity index (χ3n) is 14.8. The minimum atomic E-state index is -4.59. The van der Waals surface area contributed by atoms with Gasteiger partial charge in [-0.05, 0) is 115 Å². The number of amides is 4. The van der Waals surface area contributed by atoms with E-state index < -0.39 is 89.5 Å². The van der Waals surface area contributed by atoms with Crippen molar-refractivity contribution < 1.29 is 51.4 Å². The Morgan fingerprint density at radius 3 is 2.49 bits per heavy atom. The number of benzene rings is 1. The van der Waals surface area contributed by atoms with Gasteiger partial charge in [0.25, 0.3) is 11.8 Å². The average Bonchev–Trinajstić information content (AvgIpc) is 3.62. The zero-order chi connectivity index (χ0) is 53.9. The lowest BCUT2D eigenvalue weighted by molar-refractivity contribution is -0.156. The van der Waals surface area contributed by atoms with Crippen molar-refractivity contribution in [2.24, 2.45) is 11.3 Å². The summed E-state index contributed by atoms with van der Waals surface area (Å²) in [5, 5.41) is 4.96. The summed E-state index contributed by atoms with van der Waals surface area (Å²) in [6.45, 7) is 13.1. The Kier molecular flexibility index (Phi) is 17.4. The summed E-state index contributed by atoms with van der Waals surface area (Å²) in [6.07, 6.45) is -2.09. The van der Waals surface area contributed by atoms with Crippen molar-refractivity contribution >= 4 is 46.2 Å². The second-order valence-corrected chi connectivity index (χ2v) is 22.0. The molecule has 7 rings (SSSR count). The minimum Gasteiger partial charge on any atom is -0.464 e. The van der Waals surface area contributed by atoms with Crippen molar-refractivity contribution in [3.63, 3.8) is 0 Å². The summed E-state index contributed by atoms with van der Waals surface area (Å²) in [4.78, 5) is 82.7. The molecule has 0 saturated carbocycles. The van der Waals surface area contributed by atoms with E-state index in [1.165, 1.54) is 26.5 Å². The van der Waals surface area contributed by atoms with Crippen LogP contribution in [0.5, 0.6) is 0 Å². The van der Waals surface area contributed by atoms with Gasteiger partial charge in [0.15, 0.2) is 0 Å². The van der Waals surface area contributed by atoms with Crippen LogP contribution in [0, 0.1) is 23.2 Å². The molecule has 3 saturated heterocycles. The molecule has 0 spiro atoms.